The zero-order valence-corrected chi connectivity index (χ0v) is 15.2. The molecule has 1 amide bonds. The van der Waals surface area contributed by atoms with Gasteiger partial charge in [-0.05, 0) is 54.7 Å². The van der Waals surface area contributed by atoms with Gasteiger partial charge in [0.25, 0.3) is 5.91 Å². The van der Waals surface area contributed by atoms with Crippen molar-refractivity contribution in [3.8, 4) is 5.75 Å². The highest BCUT2D eigenvalue weighted by Crippen LogP contribution is 2.40. The summed E-state index contributed by atoms with van der Waals surface area (Å²) in [5.74, 6) is 1.99. The van der Waals surface area contributed by atoms with E-state index < -0.39 is 0 Å². The molecule has 1 saturated carbocycles. The summed E-state index contributed by atoms with van der Waals surface area (Å²) in [7, 11) is 3.56. The highest BCUT2D eigenvalue weighted by Gasteiger charge is 2.35. The van der Waals surface area contributed by atoms with Gasteiger partial charge in [0.2, 0.25) is 0 Å². The van der Waals surface area contributed by atoms with Gasteiger partial charge in [0.05, 0.1) is 7.11 Å². The van der Waals surface area contributed by atoms with Gasteiger partial charge >= 0.3 is 0 Å². The Labute approximate surface area is 152 Å². The first-order chi connectivity index (χ1) is 12.5. The lowest BCUT2D eigenvalue weighted by molar-refractivity contribution is 0.0620. The van der Waals surface area contributed by atoms with E-state index in [0.29, 0.717) is 23.0 Å². The van der Waals surface area contributed by atoms with Crippen LogP contribution in [0.15, 0.2) is 46.9 Å². The van der Waals surface area contributed by atoms with Crippen LogP contribution in [-0.4, -0.2) is 36.0 Å². The summed E-state index contributed by atoms with van der Waals surface area (Å²) < 4.78 is 10.8. The van der Waals surface area contributed by atoms with E-state index in [1.54, 1.807) is 20.1 Å². The topological polar surface area (TPSA) is 55.6 Å². The minimum absolute atomic E-state index is 0.0232. The lowest BCUT2D eigenvalue weighted by Crippen LogP contribution is -2.44. The Bertz CT molecular complexity index is 957. The van der Waals surface area contributed by atoms with Crippen LogP contribution >= 0.6 is 0 Å². The summed E-state index contributed by atoms with van der Waals surface area (Å²) in [5, 5.41) is 0. The summed E-state index contributed by atoms with van der Waals surface area (Å²) >= 11 is 0. The fraction of sp³-hybridized carbons (Fsp3) is 0.333. The first kappa shape index (κ1) is 16.6. The van der Waals surface area contributed by atoms with Crippen LogP contribution in [0.5, 0.6) is 5.75 Å². The third kappa shape index (κ3) is 2.94. The summed E-state index contributed by atoms with van der Waals surface area (Å²) in [4.78, 5) is 18.9. The molecule has 0 saturated heterocycles. The standard InChI is InChI=1S/C21H22N2O3/c1-13-22-19-8-7-15(12-20(19)26-13)21(24)23(2)17-9-16(10-17)14-5-4-6-18(11-14)25-3/h4-8,11-12,16-17H,9-10H2,1-3H3. The number of ether oxygens (including phenoxy) is 1. The number of hydrogen-bond acceptors (Lipinski definition) is 4. The Balaban J connectivity index is 1.44. The maximum Gasteiger partial charge on any atom is 0.253 e. The Morgan fingerprint density at radius 3 is 2.81 bits per heavy atom. The van der Waals surface area contributed by atoms with Gasteiger partial charge in [-0.3, -0.25) is 4.79 Å². The molecule has 1 aromatic heterocycles. The number of rotatable bonds is 4. The van der Waals surface area contributed by atoms with Crippen LogP contribution in [0.4, 0.5) is 0 Å². The number of carbonyl (C=O) groups excluding carboxylic acids is 1. The SMILES string of the molecule is COc1cccc(C2CC(N(C)C(=O)c3ccc4nc(C)oc4c3)C2)c1. The average molecular weight is 350 g/mol. The smallest absolute Gasteiger partial charge is 0.253 e. The number of fused-ring (bicyclic) bond motifs is 1. The van der Waals surface area contributed by atoms with Gasteiger partial charge in [-0.1, -0.05) is 12.1 Å². The van der Waals surface area contributed by atoms with E-state index >= 15 is 0 Å². The van der Waals surface area contributed by atoms with Crippen LogP contribution in [0.3, 0.4) is 0 Å². The number of aromatic nitrogens is 1. The third-order valence-corrected chi connectivity index (χ3v) is 5.29. The Kier molecular flexibility index (Phi) is 4.15. The van der Waals surface area contributed by atoms with E-state index in [9.17, 15) is 4.79 Å². The fourth-order valence-electron chi connectivity index (χ4n) is 3.61. The molecular formula is C21H22N2O3. The molecule has 26 heavy (non-hydrogen) atoms. The number of aryl methyl sites for hydroxylation is 1. The van der Waals surface area contributed by atoms with Crippen LogP contribution in [0.25, 0.3) is 11.1 Å². The first-order valence-corrected chi connectivity index (χ1v) is 8.83. The summed E-state index contributed by atoms with van der Waals surface area (Å²) in [6.07, 6.45) is 1.94. The van der Waals surface area contributed by atoms with Crippen LogP contribution in [0.1, 0.15) is 40.6 Å². The van der Waals surface area contributed by atoms with Gasteiger partial charge in [-0.2, -0.15) is 0 Å². The predicted octanol–water partition coefficient (Wildman–Crippen LogP) is 4.16. The molecule has 3 aromatic rings. The summed E-state index contributed by atoms with van der Waals surface area (Å²) in [5.41, 5.74) is 3.36. The molecule has 1 aliphatic carbocycles. The molecule has 2 aromatic carbocycles. The van der Waals surface area contributed by atoms with Crippen molar-refractivity contribution in [2.75, 3.05) is 14.2 Å². The number of carbonyl (C=O) groups is 1. The van der Waals surface area contributed by atoms with E-state index in [1.165, 1.54) is 5.56 Å². The lowest BCUT2D eigenvalue weighted by atomic mass is 9.75. The Morgan fingerprint density at radius 1 is 1.23 bits per heavy atom. The Morgan fingerprint density at radius 2 is 2.04 bits per heavy atom. The van der Waals surface area contributed by atoms with Crippen molar-refractivity contribution in [3.05, 3.63) is 59.5 Å². The van der Waals surface area contributed by atoms with Crippen LogP contribution in [0.2, 0.25) is 0 Å². The van der Waals surface area contributed by atoms with Crippen LogP contribution in [0, 0.1) is 6.92 Å². The second-order valence-electron chi connectivity index (χ2n) is 6.93. The molecule has 1 heterocycles. The number of amides is 1. The highest BCUT2D eigenvalue weighted by molar-refractivity contribution is 5.97. The fourth-order valence-corrected chi connectivity index (χ4v) is 3.61. The average Bonchev–Trinajstić information content (AvgIpc) is 2.99. The second kappa shape index (κ2) is 6.48. The van der Waals surface area contributed by atoms with Gasteiger partial charge < -0.3 is 14.1 Å². The van der Waals surface area contributed by atoms with E-state index in [4.69, 9.17) is 9.15 Å². The van der Waals surface area contributed by atoms with Crippen molar-refractivity contribution in [1.82, 2.24) is 9.88 Å². The summed E-state index contributed by atoms with van der Waals surface area (Å²) in [6, 6.07) is 13.9. The normalized spacial score (nSPS) is 19.2. The molecule has 0 atom stereocenters. The van der Waals surface area contributed by atoms with Gasteiger partial charge in [-0.25, -0.2) is 4.98 Å². The first-order valence-electron chi connectivity index (χ1n) is 8.83. The number of oxazole rings is 1. The highest BCUT2D eigenvalue weighted by atomic mass is 16.5. The number of benzene rings is 2. The molecule has 4 rings (SSSR count). The van der Waals surface area contributed by atoms with Crippen molar-refractivity contribution >= 4 is 17.0 Å². The summed E-state index contributed by atoms with van der Waals surface area (Å²) in [6.45, 7) is 1.81. The Hall–Kier alpha value is -2.82. The maximum absolute atomic E-state index is 12.8. The predicted molar refractivity (Wildman–Crippen MR) is 99.6 cm³/mol. The number of nitrogens with zero attached hydrogens (tertiary/aromatic N) is 2. The van der Waals surface area contributed by atoms with Crippen molar-refractivity contribution < 1.29 is 13.9 Å². The molecule has 1 aliphatic rings. The molecule has 0 bridgehead atoms. The molecule has 1 fully saturated rings. The minimum atomic E-state index is 0.0232. The van der Waals surface area contributed by atoms with Gasteiger partial charge in [0, 0.05) is 25.6 Å². The van der Waals surface area contributed by atoms with Crippen molar-refractivity contribution in [2.24, 2.45) is 0 Å². The van der Waals surface area contributed by atoms with Crippen molar-refractivity contribution in [1.29, 1.82) is 0 Å². The second-order valence-corrected chi connectivity index (χ2v) is 6.93. The van der Waals surface area contributed by atoms with Crippen molar-refractivity contribution in [2.45, 2.75) is 31.7 Å². The zero-order valence-electron chi connectivity index (χ0n) is 15.2. The van der Waals surface area contributed by atoms with Crippen molar-refractivity contribution in [3.63, 3.8) is 0 Å². The van der Waals surface area contributed by atoms with Crippen LogP contribution < -0.4 is 4.74 Å². The molecule has 5 heteroatoms. The molecule has 0 N–H and O–H groups in total. The molecule has 0 unspecified atom stereocenters. The largest absolute Gasteiger partial charge is 0.497 e. The van der Waals surface area contributed by atoms with E-state index in [0.717, 1.165) is 24.1 Å². The quantitative estimate of drug-likeness (QED) is 0.709. The molecule has 5 nitrogen and oxygen atoms in total. The van der Waals surface area contributed by atoms with Gasteiger partial charge in [0.15, 0.2) is 11.5 Å². The monoisotopic (exact) mass is 350 g/mol. The molecule has 0 spiro atoms. The number of hydrogen-bond donors (Lipinski definition) is 0. The van der Waals surface area contributed by atoms with E-state index in [-0.39, 0.29) is 11.9 Å². The van der Waals surface area contributed by atoms with E-state index in [1.807, 2.05) is 36.2 Å². The van der Waals surface area contributed by atoms with Gasteiger partial charge in [0.1, 0.15) is 11.3 Å². The molecular weight excluding hydrogens is 328 g/mol. The van der Waals surface area contributed by atoms with Gasteiger partial charge in [-0.15, -0.1) is 0 Å². The molecule has 0 radical (unpaired) electrons. The maximum atomic E-state index is 12.8. The number of methoxy groups -OCH3 is 1. The lowest BCUT2D eigenvalue weighted by Gasteiger charge is -2.41. The molecule has 134 valence electrons. The minimum Gasteiger partial charge on any atom is -0.497 e. The molecule has 0 aliphatic heterocycles. The van der Waals surface area contributed by atoms with Crippen LogP contribution in [-0.2, 0) is 0 Å². The van der Waals surface area contributed by atoms with E-state index in [2.05, 4.69) is 17.1 Å². The third-order valence-electron chi connectivity index (χ3n) is 5.29. The zero-order chi connectivity index (χ0) is 18.3.